The molecule has 0 aromatic heterocycles. The fourth-order valence-electron chi connectivity index (χ4n) is 3.81. The summed E-state index contributed by atoms with van der Waals surface area (Å²) in [5.74, 6) is -3.16. The van der Waals surface area contributed by atoms with Gasteiger partial charge in [0, 0.05) is 0 Å². The number of halogens is 2. The van der Waals surface area contributed by atoms with Crippen LogP contribution in [-0.2, 0) is 12.8 Å². The number of hydrogen-bond donors (Lipinski definition) is 0. The number of carbonyl (C=O) groups excluding carboxylic acids is 1. The summed E-state index contributed by atoms with van der Waals surface area (Å²) in [5, 5.41) is 0. The molecule has 0 bridgehead atoms. The van der Waals surface area contributed by atoms with Crippen molar-refractivity contribution in [2.75, 3.05) is 0 Å². The molecule has 3 rings (SSSR count). The minimum atomic E-state index is -1.12. The normalized spacial score (nSPS) is 10.9. The first kappa shape index (κ1) is 24.6. The summed E-state index contributed by atoms with van der Waals surface area (Å²) in [4.78, 5) is 12.5. The molecule has 0 amide bonds. The Balaban J connectivity index is 1.64. The van der Waals surface area contributed by atoms with Crippen LogP contribution in [0.4, 0.5) is 8.78 Å². The summed E-state index contributed by atoms with van der Waals surface area (Å²) >= 11 is 0. The van der Waals surface area contributed by atoms with Gasteiger partial charge in [-0.1, -0.05) is 82.0 Å². The molecular formula is C29H32F2O2. The van der Waals surface area contributed by atoms with Gasteiger partial charge in [0.2, 0.25) is 5.82 Å². The molecular weight excluding hydrogens is 418 g/mol. The molecule has 0 aliphatic rings. The van der Waals surface area contributed by atoms with Crippen LogP contribution in [0.2, 0.25) is 0 Å². The first-order chi connectivity index (χ1) is 16.0. The summed E-state index contributed by atoms with van der Waals surface area (Å²) in [7, 11) is 0. The molecule has 0 atom stereocenters. The van der Waals surface area contributed by atoms with Gasteiger partial charge in [-0.2, -0.15) is 4.39 Å². The third-order valence-corrected chi connectivity index (χ3v) is 5.86. The number of aryl methyl sites for hydroxylation is 2. The maximum absolute atomic E-state index is 14.4. The highest BCUT2D eigenvalue weighted by Gasteiger charge is 2.18. The Bertz CT molecular complexity index is 1040. The Kier molecular flexibility index (Phi) is 9.17. The van der Waals surface area contributed by atoms with Gasteiger partial charge in [-0.3, -0.25) is 0 Å². The molecule has 0 fully saturated rings. The standard InChI is InChI=1S/C29H32F2O2/c1-3-5-7-9-21-11-13-22(14-12-21)23-15-17-25(18-16-23)29(32)33-26-20-19-24(10-8-6-4-2)27(30)28(26)31/h11-20H,3-10H2,1-2H3. The number of benzene rings is 3. The molecule has 174 valence electrons. The van der Waals surface area contributed by atoms with E-state index in [-0.39, 0.29) is 11.3 Å². The zero-order chi connectivity index (χ0) is 23.6. The number of unbranched alkanes of at least 4 members (excludes halogenated alkanes) is 4. The average Bonchev–Trinajstić information content (AvgIpc) is 2.84. The van der Waals surface area contributed by atoms with E-state index in [2.05, 4.69) is 38.1 Å². The molecule has 2 nitrogen and oxygen atoms in total. The number of esters is 1. The van der Waals surface area contributed by atoms with Crippen molar-refractivity contribution in [3.63, 3.8) is 0 Å². The van der Waals surface area contributed by atoms with Gasteiger partial charge in [0.05, 0.1) is 5.56 Å². The number of hydrogen-bond acceptors (Lipinski definition) is 2. The lowest BCUT2D eigenvalue weighted by Crippen LogP contribution is -2.10. The summed E-state index contributed by atoms with van der Waals surface area (Å²) < 4.78 is 33.9. The molecule has 0 saturated heterocycles. The molecule has 0 heterocycles. The first-order valence-corrected chi connectivity index (χ1v) is 11.9. The van der Waals surface area contributed by atoms with Crippen LogP contribution in [0.25, 0.3) is 11.1 Å². The van der Waals surface area contributed by atoms with Crippen LogP contribution in [0, 0.1) is 11.6 Å². The smallest absolute Gasteiger partial charge is 0.343 e. The fraction of sp³-hybridized carbons (Fsp3) is 0.345. The van der Waals surface area contributed by atoms with Gasteiger partial charge in [0.15, 0.2) is 11.6 Å². The van der Waals surface area contributed by atoms with Crippen molar-refractivity contribution in [2.24, 2.45) is 0 Å². The highest BCUT2D eigenvalue weighted by atomic mass is 19.2. The van der Waals surface area contributed by atoms with E-state index in [1.54, 1.807) is 12.1 Å². The molecule has 3 aromatic rings. The van der Waals surface area contributed by atoms with Crippen molar-refractivity contribution >= 4 is 5.97 Å². The van der Waals surface area contributed by atoms with Crippen molar-refractivity contribution in [2.45, 2.75) is 65.2 Å². The molecule has 0 spiro atoms. The van der Waals surface area contributed by atoms with Gasteiger partial charge >= 0.3 is 5.97 Å². The zero-order valence-electron chi connectivity index (χ0n) is 19.5. The lowest BCUT2D eigenvalue weighted by molar-refractivity contribution is 0.0726. The first-order valence-electron chi connectivity index (χ1n) is 11.9. The van der Waals surface area contributed by atoms with Crippen molar-refractivity contribution in [1.82, 2.24) is 0 Å². The second-order valence-corrected chi connectivity index (χ2v) is 8.43. The fourth-order valence-corrected chi connectivity index (χ4v) is 3.81. The topological polar surface area (TPSA) is 26.3 Å². The van der Waals surface area contributed by atoms with Gasteiger partial charge in [-0.15, -0.1) is 0 Å². The highest BCUT2D eigenvalue weighted by molar-refractivity contribution is 5.91. The Labute approximate surface area is 195 Å². The molecule has 0 N–H and O–H groups in total. The van der Waals surface area contributed by atoms with Gasteiger partial charge < -0.3 is 4.74 Å². The van der Waals surface area contributed by atoms with E-state index in [1.165, 1.54) is 37.0 Å². The van der Waals surface area contributed by atoms with Gasteiger partial charge in [0.1, 0.15) is 0 Å². The third-order valence-electron chi connectivity index (χ3n) is 5.86. The van der Waals surface area contributed by atoms with E-state index in [0.29, 0.717) is 12.0 Å². The average molecular weight is 451 g/mol. The lowest BCUT2D eigenvalue weighted by atomic mass is 10.0. The minimum Gasteiger partial charge on any atom is -0.420 e. The van der Waals surface area contributed by atoms with E-state index in [9.17, 15) is 13.6 Å². The van der Waals surface area contributed by atoms with E-state index >= 15 is 0 Å². The van der Waals surface area contributed by atoms with Gasteiger partial charge in [-0.25, -0.2) is 9.18 Å². The van der Waals surface area contributed by atoms with Crippen molar-refractivity contribution < 1.29 is 18.3 Å². The molecule has 0 radical (unpaired) electrons. The Morgan fingerprint density at radius 3 is 1.88 bits per heavy atom. The number of ether oxygens (including phenoxy) is 1. The van der Waals surface area contributed by atoms with E-state index < -0.39 is 17.6 Å². The van der Waals surface area contributed by atoms with Crippen LogP contribution in [-0.4, -0.2) is 5.97 Å². The molecule has 33 heavy (non-hydrogen) atoms. The molecule has 0 aliphatic carbocycles. The molecule has 0 unspecified atom stereocenters. The SMILES string of the molecule is CCCCCc1ccc(-c2ccc(C(=O)Oc3ccc(CCCCC)c(F)c3F)cc2)cc1. The molecule has 3 aromatic carbocycles. The predicted molar refractivity (Wildman–Crippen MR) is 130 cm³/mol. The molecule has 0 aliphatic heterocycles. The highest BCUT2D eigenvalue weighted by Crippen LogP contribution is 2.26. The lowest BCUT2D eigenvalue weighted by Gasteiger charge is -2.10. The number of rotatable bonds is 11. The van der Waals surface area contributed by atoms with Crippen LogP contribution in [0.5, 0.6) is 5.75 Å². The Hall–Kier alpha value is -3.01. The third kappa shape index (κ3) is 6.74. The predicted octanol–water partition coefficient (Wildman–Crippen LogP) is 8.32. The van der Waals surface area contributed by atoms with Crippen molar-refractivity contribution in [3.8, 4) is 16.9 Å². The molecule has 4 heteroatoms. The summed E-state index contributed by atoms with van der Waals surface area (Å²) in [5.41, 5.74) is 3.93. The quantitative estimate of drug-likeness (QED) is 0.167. The van der Waals surface area contributed by atoms with Crippen molar-refractivity contribution in [1.29, 1.82) is 0 Å². The zero-order valence-corrected chi connectivity index (χ0v) is 19.5. The summed E-state index contributed by atoms with van der Waals surface area (Å²) in [6.07, 6.45) is 7.93. The summed E-state index contributed by atoms with van der Waals surface area (Å²) in [6.45, 7) is 4.25. The van der Waals surface area contributed by atoms with Crippen LogP contribution in [0.3, 0.4) is 0 Å². The second kappa shape index (κ2) is 12.3. The monoisotopic (exact) mass is 450 g/mol. The maximum atomic E-state index is 14.4. The second-order valence-electron chi connectivity index (χ2n) is 8.43. The molecule has 0 saturated carbocycles. The van der Waals surface area contributed by atoms with E-state index in [1.807, 2.05) is 12.1 Å². The van der Waals surface area contributed by atoms with E-state index in [4.69, 9.17) is 4.74 Å². The van der Waals surface area contributed by atoms with Crippen LogP contribution >= 0.6 is 0 Å². The van der Waals surface area contributed by atoms with Crippen LogP contribution in [0.1, 0.15) is 73.9 Å². The number of carbonyl (C=O) groups is 1. The Morgan fingerprint density at radius 1 is 0.697 bits per heavy atom. The maximum Gasteiger partial charge on any atom is 0.343 e. The van der Waals surface area contributed by atoms with Gasteiger partial charge in [0.25, 0.3) is 0 Å². The van der Waals surface area contributed by atoms with Crippen LogP contribution in [0.15, 0.2) is 60.7 Å². The van der Waals surface area contributed by atoms with Crippen LogP contribution < -0.4 is 4.74 Å². The van der Waals surface area contributed by atoms with Gasteiger partial charge in [-0.05, 0) is 66.1 Å². The minimum absolute atomic E-state index is 0.279. The van der Waals surface area contributed by atoms with E-state index in [0.717, 1.165) is 36.8 Å². The Morgan fingerprint density at radius 2 is 1.27 bits per heavy atom. The summed E-state index contributed by atoms with van der Waals surface area (Å²) in [6, 6.07) is 18.2. The largest absolute Gasteiger partial charge is 0.420 e. The van der Waals surface area contributed by atoms with Crippen molar-refractivity contribution in [3.05, 3.63) is 89.0 Å².